The van der Waals surface area contributed by atoms with Crippen LogP contribution in [0.25, 0.3) is 0 Å². The van der Waals surface area contributed by atoms with Gasteiger partial charge in [0.25, 0.3) is 10.0 Å². The van der Waals surface area contributed by atoms with Crippen molar-refractivity contribution in [2.24, 2.45) is 5.73 Å². The highest BCUT2D eigenvalue weighted by atomic mass is 32.2. The second-order valence-corrected chi connectivity index (χ2v) is 5.60. The highest BCUT2D eigenvalue weighted by Gasteiger charge is 2.14. The smallest absolute Gasteiger partial charge is 0.258 e. The van der Waals surface area contributed by atoms with Gasteiger partial charge in [-0.25, -0.2) is 18.1 Å². The van der Waals surface area contributed by atoms with Crippen LogP contribution in [0.3, 0.4) is 0 Å². The number of nitrogens with zero attached hydrogens (tertiary/aromatic N) is 2. The summed E-state index contributed by atoms with van der Waals surface area (Å²) in [5.74, 6) is 0. The predicted octanol–water partition coefficient (Wildman–Crippen LogP) is 0.414. The first-order valence-corrected chi connectivity index (χ1v) is 7.14. The van der Waals surface area contributed by atoms with E-state index in [1.54, 1.807) is 30.6 Å². The van der Waals surface area contributed by atoms with E-state index in [2.05, 4.69) is 14.7 Å². The van der Waals surface area contributed by atoms with E-state index < -0.39 is 10.0 Å². The molecule has 19 heavy (non-hydrogen) atoms. The van der Waals surface area contributed by atoms with Crippen molar-refractivity contribution < 1.29 is 8.42 Å². The molecule has 0 bridgehead atoms. The van der Waals surface area contributed by atoms with Crippen LogP contribution < -0.4 is 10.5 Å². The zero-order chi connectivity index (χ0) is 13.7. The van der Waals surface area contributed by atoms with E-state index in [1.165, 1.54) is 12.3 Å². The average Bonchev–Trinajstić information content (AvgIpc) is 2.46. The highest BCUT2D eigenvalue weighted by molar-refractivity contribution is 7.89. The standard InChI is InChI=1S/C12H14N4O2S/c13-7-11-1-2-12(15-8-11)19(17,18)16-9-10-3-5-14-6-4-10/h1-6,8,16H,7,9,13H2. The maximum Gasteiger partial charge on any atom is 0.258 e. The number of hydrogen-bond acceptors (Lipinski definition) is 5. The summed E-state index contributed by atoms with van der Waals surface area (Å²) in [5.41, 5.74) is 7.05. The molecule has 0 unspecified atom stereocenters. The van der Waals surface area contributed by atoms with E-state index in [1.807, 2.05) is 0 Å². The summed E-state index contributed by atoms with van der Waals surface area (Å²) in [7, 11) is -3.61. The van der Waals surface area contributed by atoms with Crippen molar-refractivity contribution >= 4 is 10.0 Å². The van der Waals surface area contributed by atoms with Gasteiger partial charge in [0.1, 0.15) is 0 Å². The number of sulfonamides is 1. The van der Waals surface area contributed by atoms with Crippen molar-refractivity contribution in [3.05, 3.63) is 54.0 Å². The number of hydrogen-bond donors (Lipinski definition) is 2. The van der Waals surface area contributed by atoms with E-state index in [4.69, 9.17) is 5.73 Å². The van der Waals surface area contributed by atoms with E-state index in [-0.39, 0.29) is 11.6 Å². The van der Waals surface area contributed by atoms with Crippen molar-refractivity contribution in [2.45, 2.75) is 18.1 Å². The lowest BCUT2D eigenvalue weighted by Gasteiger charge is -2.06. The number of nitrogens with one attached hydrogen (secondary N) is 1. The molecule has 0 aliphatic carbocycles. The molecule has 2 rings (SSSR count). The topological polar surface area (TPSA) is 98.0 Å². The summed E-state index contributed by atoms with van der Waals surface area (Å²) in [6.07, 6.45) is 4.68. The normalized spacial score (nSPS) is 11.4. The van der Waals surface area contributed by atoms with Gasteiger partial charge in [-0.05, 0) is 29.3 Å². The summed E-state index contributed by atoms with van der Waals surface area (Å²) >= 11 is 0. The van der Waals surface area contributed by atoms with E-state index >= 15 is 0 Å². The Morgan fingerprint density at radius 3 is 2.42 bits per heavy atom. The van der Waals surface area contributed by atoms with Crippen molar-refractivity contribution in [3.63, 3.8) is 0 Å². The molecule has 3 N–H and O–H groups in total. The first kappa shape index (κ1) is 13.6. The Hall–Kier alpha value is -1.83. The van der Waals surface area contributed by atoms with Gasteiger partial charge in [0.05, 0.1) is 0 Å². The molecule has 0 aliphatic heterocycles. The van der Waals surface area contributed by atoms with Gasteiger partial charge < -0.3 is 5.73 Å². The third kappa shape index (κ3) is 3.57. The minimum Gasteiger partial charge on any atom is -0.326 e. The maximum atomic E-state index is 12.0. The Bertz CT molecular complexity index is 627. The fourth-order valence-electron chi connectivity index (χ4n) is 1.44. The van der Waals surface area contributed by atoms with Gasteiger partial charge in [0.15, 0.2) is 5.03 Å². The molecule has 2 aromatic heterocycles. The minimum absolute atomic E-state index is 0.0150. The average molecular weight is 278 g/mol. The van der Waals surface area contributed by atoms with Gasteiger partial charge in [-0.2, -0.15) is 0 Å². The largest absolute Gasteiger partial charge is 0.326 e. The molecule has 0 radical (unpaired) electrons. The van der Waals surface area contributed by atoms with Crippen molar-refractivity contribution in [2.75, 3.05) is 0 Å². The predicted molar refractivity (Wildman–Crippen MR) is 70.4 cm³/mol. The molecule has 0 amide bonds. The van der Waals surface area contributed by atoms with Crippen LogP contribution in [0.1, 0.15) is 11.1 Å². The van der Waals surface area contributed by atoms with Gasteiger partial charge in [-0.3, -0.25) is 4.98 Å². The van der Waals surface area contributed by atoms with Crippen molar-refractivity contribution in [3.8, 4) is 0 Å². The van der Waals surface area contributed by atoms with Crippen LogP contribution in [0.15, 0.2) is 47.9 Å². The van der Waals surface area contributed by atoms with Crippen LogP contribution in [0.2, 0.25) is 0 Å². The van der Waals surface area contributed by atoms with Crippen molar-refractivity contribution in [1.82, 2.24) is 14.7 Å². The van der Waals surface area contributed by atoms with Crippen LogP contribution in [0.5, 0.6) is 0 Å². The molecule has 100 valence electrons. The molecule has 0 aliphatic rings. The first-order chi connectivity index (χ1) is 9.12. The minimum atomic E-state index is -3.61. The lowest BCUT2D eigenvalue weighted by molar-refractivity contribution is 0.577. The van der Waals surface area contributed by atoms with E-state index in [9.17, 15) is 8.42 Å². The molecule has 0 saturated heterocycles. The van der Waals surface area contributed by atoms with Crippen LogP contribution >= 0.6 is 0 Å². The Morgan fingerprint density at radius 1 is 1.11 bits per heavy atom. The molecule has 0 aromatic carbocycles. The summed E-state index contributed by atoms with van der Waals surface area (Å²) in [5, 5.41) is -0.0150. The van der Waals surface area contributed by atoms with Gasteiger partial charge in [-0.15, -0.1) is 0 Å². The zero-order valence-electron chi connectivity index (χ0n) is 10.2. The maximum absolute atomic E-state index is 12.0. The SMILES string of the molecule is NCc1ccc(S(=O)(=O)NCc2ccncc2)nc1. The second-order valence-electron chi connectivity index (χ2n) is 3.89. The summed E-state index contributed by atoms with van der Waals surface area (Å²) < 4.78 is 26.4. The molecular weight excluding hydrogens is 264 g/mol. The summed E-state index contributed by atoms with van der Waals surface area (Å²) in [4.78, 5) is 7.76. The number of aromatic nitrogens is 2. The summed E-state index contributed by atoms with van der Waals surface area (Å²) in [6, 6.07) is 6.58. The first-order valence-electron chi connectivity index (χ1n) is 5.65. The molecule has 2 heterocycles. The van der Waals surface area contributed by atoms with Crippen LogP contribution in [-0.2, 0) is 23.1 Å². The zero-order valence-corrected chi connectivity index (χ0v) is 11.0. The molecule has 0 spiro atoms. The lowest BCUT2D eigenvalue weighted by Crippen LogP contribution is -2.24. The molecular formula is C12H14N4O2S. The highest BCUT2D eigenvalue weighted by Crippen LogP contribution is 2.07. The molecule has 0 atom stereocenters. The van der Waals surface area contributed by atoms with Crippen LogP contribution in [0.4, 0.5) is 0 Å². The van der Waals surface area contributed by atoms with Crippen LogP contribution in [0, 0.1) is 0 Å². The quantitative estimate of drug-likeness (QED) is 0.825. The molecule has 6 nitrogen and oxygen atoms in total. The van der Waals surface area contributed by atoms with Gasteiger partial charge in [0.2, 0.25) is 0 Å². The van der Waals surface area contributed by atoms with Gasteiger partial charge >= 0.3 is 0 Å². The van der Waals surface area contributed by atoms with Crippen molar-refractivity contribution in [1.29, 1.82) is 0 Å². The molecule has 0 saturated carbocycles. The fourth-order valence-corrected chi connectivity index (χ4v) is 2.39. The third-order valence-corrected chi connectivity index (χ3v) is 3.84. The van der Waals surface area contributed by atoms with E-state index in [0.717, 1.165) is 11.1 Å². The molecule has 0 fully saturated rings. The number of nitrogens with two attached hydrogens (primary N) is 1. The van der Waals surface area contributed by atoms with Gasteiger partial charge in [-0.1, -0.05) is 6.07 Å². The summed E-state index contributed by atoms with van der Waals surface area (Å²) in [6.45, 7) is 0.531. The molecule has 7 heteroatoms. The second kappa shape index (κ2) is 5.87. The number of rotatable bonds is 5. The monoisotopic (exact) mass is 278 g/mol. The van der Waals surface area contributed by atoms with Gasteiger partial charge in [0, 0.05) is 31.7 Å². The third-order valence-electron chi connectivity index (χ3n) is 2.52. The Kier molecular flexibility index (Phi) is 4.20. The lowest BCUT2D eigenvalue weighted by atomic mass is 10.3. The van der Waals surface area contributed by atoms with Crippen LogP contribution in [-0.4, -0.2) is 18.4 Å². The Morgan fingerprint density at radius 2 is 1.84 bits per heavy atom. The Labute approximate surface area is 111 Å². The van der Waals surface area contributed by atoms with E-state index in [0.29, 0.717) is 6.54 Å². The number of pyridine rings is 2. The Balaban J connectivity index is 2.09. The molecule has 2 aromatic rings. The fraction of sp³-hybridized carbons (Fsp3) is 0.167.